The van der Waals surface area contributed by atoms with Crippen LogP contribution in [-0.4, -0.2) is 18.7 Å². The molecule has 0 aliphatic carbocycles. The highest BCUT2D eigenvalue weighted by Gasteiger charge is 2.10. The minimum atomic E-state index is -0.430. The fraction of sp³-hybridized carbons (Fsp3) is 0.278. The van der Waals surface area contributed by atoms with Gasteiger partial charge >= 0.3 is 6.03 Å². The molecule has 23 heavy (non-hydrogen) atoms. The van der Waals surface area contributed by atoms with Crippen molar-refractivity contribution in [1.29, 1.82) is 0 Å². The second-order valence-corrected chi connectivity index (χ2v) is 5.42. The van der Waals surface area contributed by atoms with Crippen molar-refractivity contribution in [3.63, 3.8) is 0 Å². The lowest BCUT2D eigenvalue weighted by Gasteiger charge is -2.15. The molecule has 122 valence electrons. The molecule has 0 fully saturated rings. The van der Waals surface area contributed by atoms with E-state index < -0.39 is 5.82 Å². The Balaban J connectivity index is 1.90. The minimum absolute atomic E-state index is 0.0675. The highest BCUT2D eigenvalue weighted by Crippen LogP contribution is 2.26. The van der Waals surface area contributed by atoms with Gasteiger partial charge in [-0.25, -0.2) is 9.18 Å². The lowest BCUT2D eigenvalue weighted by molar-refractivity contribution is 0.241. The molecule has 5 heteroatoms. The molecule has 0 atom stereocenters. The smallest absolute Gasteiger partial charge is 0.319 e. The van der Waals surface area contributed by atoms with Gasteiger partial charge in [0.05, 0.1) is 11.8 Å². The Morgan fingerprint density at radius 3 is 2.61 bits per heavy atom. The van der Waals surface area contributed by atoms with E-state index in [2.05, 4.69) is 10.6 Å². The number of anilines is 1. The third kappa shape index (κ3) is 5.62. The van der Waals surface area contributed by atoms with Crippen LogP contribution in [0, 0.1) is 5.82 Å². The maximum Gasteiger partial charge on any atom is 0.319 e. The third-order valence-corrected chi connectivity index (χ3v) is 3.09. The first-order valence-electron chi connectivity index (χ1n) is 7.59. The van der Waals surface area contributed by atoms with E-state index in [1.807, 2.05) is 44.2 Å². The average molecular weight is 316 g/mol. The number of ether oxygens (including phenoxy) is 1. The van der Waals surface area contributed by atoms with Crippen LogP contribution < -0.4 is 15.4 Å². The van der Waals surface area contributed by atoms with Gasteiger partial charge in [0.15, 0.2) is 0 Å². The Morgan fingerprint density at radius 2 is 1.91 bits per heavy atom. The molecule has 0 spiro atoms. The second-order valence-electron chi connectivity index (χ2n) is 5.42. The highest BCUT2D eigenvalue weighted by molar-refractivity contribution is 5.90. The summed E-state index contributed by atoms with van der Waals surface area (Å²) in [5.74, 6) is 0.0142. The maximum atomic E-state index is 13.4. The topological polar surface area (TPSA) is 50.4 Å². The molecule has 0 unspecified atom stereocenters. The first kappa shape index (κ1) is 16.8. The molecule has 4 nitrogen and oxygen atoms in total. The van der Waals surface area contributed by atoms with Gasteiger partial charge in [0.2, 0.25) is 0 Å². The molecule has 0 bridgehead atoms. The van der Waals surface area contributed by atoms with Gasteiger partial charge in [-0.15, -0.1) is 0 Å². The van der Waals surface area contributed by atoms with E-state index in [9.17, 15) is 9.18 Å². The van der Waals surface area contributed by atoms with Crippen LogP contribution in [0.25, 0.3) is 0 Å². The van der Waals surface area contributed by atoms with Gasteiger partial charge in [-0.3, -0.25) is 0 Å². The highest BCUT2D eigenvalue weighted by atomic mass is 19.1. The number of benzene rings is 2. The quantitative estimate of drug-likeness (QED) is 0.847. The van der Waals surface area contributed by atoms with Gasteiger partial charge in [-0.1, -0.05) is 30.3 Å². The third-order valence-electron chi connectivity index (χ3n) is 3.09. The number of hydrogen-bond donors (Lipinski definition) is 2. The predicted molar refractivity (Wildman–Crippen MR) is 89.3 cm³/mol. The number of urea groups is 1. The Hall–Kier alpha value is -2.56. The van der Waals surface area contributed by atoms with Crippen molar-refractivity contribution in [2.45, 2.75) is 26.4 Å². The summed E-state index contributed by atoms with van der Waals surface area (Å²) in [4.78, 5) is 12.0. The molecule has 2 aromatic carbocycles. The van der Waals surface area contributed by atoms with Crippen LogP contribution in [0.3, 0.4) is 0 Å². The molecule has 0 saturated heterocycles. The predicted octanol–water partition coefficient (Wildman–Crippen LogP) is 3.98. The Morgan fingerprint density at radius 1 is 1.17 bits per heavy atom. The molecule has 2 N–H and O–H groups in total. The van der Waals surface area contributed by atoms with Crippen LogP contribution in [-0.2, 0) is 6.42 Å². The normalized spacial score (nSPS) is 10.4. The average Bonchev–Trinajstić information content (AvgIpc) is 2.51. The molecule has 2 amide bonds. The van der Waals surface area contributed by atoms with Gasteiger partial charge < -0.3 is 15.4 Å². The first-order chi connectivity index (χ1) is 11.0. The SMILES string of the molecule is CC(C)Oc1ccc(F)cc1NC(=O)NCCc1ccccc1. The number of nitrogens with one attached hydrogen (secondary N) is 2. The molecule has 2 aromatic rings. The van der Waals surface area contributed by atoms with Gasteiger partial charge in [0, 0.05) is 12.6 Å². The fourth-order valence-corrected chi connectivity index (χ4v) is 2.09. The molecule has 0 aliphatic rings. The largest absolute Gasteiger partial charge is 0.489 e. The van der Waals surface area contributed by atoms with Crippen molar-refractivity contribution in [2.24, 2.45) is 0 Å². The standard InChI is InChI=1S/C18H21FN2O2/c1-13(2)23-17-9-8-15(19)12-16(17)21-18(22)20-11-10-14-6-4-3-5-7-14/h3-9,12-13H,10-11H2,1-2H3,(H2,20,21,22). The van der Waals surface area contributed by atoms with E-state index in [1.165, 1.54) is 18.2 Å². The second kappa shape index (κ2) is 8.17. The summed E-state index contributed by atoms with van der Waals surface area (Å²) in [5.41, 5.74) is 1.46. The van der Waals surface area contributed by atoms with Gasteiger partial charge in [0.25, 0.3) is 0 Å². The summed E-state index contributed by atoms with van der Waals surface area (Å²) in [7, 11) is 0. The molecule has 0 saturated carbocycles. The summed E-state index contributed by atoms with van der Waals surface area (Å²) in [6.07, 6.45) is 0.661. The lowest BCUT2D eigenvalue weighted by atomic mass is 10.1. The van der Waals surface area contributed by atoms with Crippen LogP contribution in [0.4, 0.5) is 14.9 Å². The van der Waals surface area contributed by atoms with Crippen molar-refractivity contribution >= 4 is 11.7 Å². The van der Waals surface area contributed by atoms with Crippen molar-refractivity contribution in [2.75, 3.05) is 11.9 Å². The Kier molecular flexibility index (Phi) is 5.97. The monoisotopic (exact) mass is 316 g/mol. The molecule has 0 aliphatic heterocycles. The zero-order valence-corrected chi connectivity index (χ0v) is 13.3. The molecular weight excluding hydrogens is 295 g/mol. The molecule has 2 rings (SSSR count). The number of amides is 2. The van der Waals surface area contributed by atoms with Crippen LogP contribution in [0.15, 0.2) is 48.5 Å². The van der Waals surface area contributed by atoms with Crippen molar-refractivity contribution in [3.8, 4) is 5.75 Å². The zero-order chi connectivity index (χ0) is 16.7. The van der Waals surface area contributed by atoms with Crippen LogP contribution in [0.1, 0.15) is 19.4 Å². The Labute approximate surface area is 135 Å². The molecule has 0 heterocycles. The summed E-state index contributed by atoms with van der Waals surface area (Å²) < 4.78 is 18.9. The van der Waals surface area contributed by atoms with E-state index >= 15 is 0 Å². The van der Waals surface area contributed by atoms with Crippen molar-refractivity contribution < 1.29 is 13.9 Å². The van der Waals surface area contributed by atoms with Gasteiger partial charge in [0.1, 0.15) is 11.6 Å². The van der Waals surface area contributed by atoms with Crippen LogP contribution in [0.5, 0.6) is 5.75 Å². The molecule has 0 aromatic heterocycles. The number of carbonyl (C=O) groups is 1. The number of carbonyl (C=O) groups excluding carboxylic acids is 1. The summed E-state index contributed by atoms with van der Waals surface area (Å²) in [5, 5.41) is 5.38. The number of rotatable bonds is 6. The van der Waals surface area contributed by atoms with E-state index in [0.29, 0.717) is 18.0 Å². The maximum absolute atomic E-state index is 13.4. The van der Waals surface area contributed by atoms with E-state index in [-0.39, 0.29) is 12.1 Å². The van der Waals surface area contributed by atoms with E-state index in [4.69, 9.17) is 4.74 Å². The lowest BCUT2D eigenvalue weighted by Crippen LogP contribution is -2.30. The number of halogens is 1. The van der Waals surface area contributed by atoms with Crippen LogP contribution >= 0.6 is 0 Å². The zero-order valence-electron chi connectivity index (χ0n) is 13.3. The fourth-order valence-electron chi connectivity index (χ4n) is 2.09. The van der Waals surface area contributed by atoms with E-state index in [1.54, 1.807) is 0 Å². The summed E-state index contributed by atoms with van der Waals surface area (Å²) in [6, 6.07) is 13.5. The van der Waals surface area contributed by atoms with Gasteiger partial charge in [-0.2, -0.15) is 0 Å². The van der Waals surface area contributed by atoms with Crippen molar-refractivity contribution in [3.05, 3.63) is 59.9 Å². The first-order valence-corrected chi connectivity index (χ1v) is 7.59. The Bertz CT molecular complexity index is 645. The van der Waals surface area contributed by atoms with Crippen molar-refractivity contribution in [1.82, 2.24) is 5.32 Å². The van der Waals surface area contributed by atoms with Gasteiger partial charge in [-0.05, 0) is 38.0 Å². The number of hydrogen-bond acceptors (Lipinski definition) is 2. The van der Waals surface area contributed by atoms with E-state index in [0.717, 1.165) is 12.0 Å². The molecule has 0 radical (unpaired) electrons. The molecular formula is C18H21FN2O2. The summed E-state index contributed by atoms with van der Waals surface area (Å²) >= 11 is 0. The van der Waals surface area contributed by atoms with Crippen LogP contribution in [0.2, 0.25) is 0 Å². The minimum Gasteiger partial charge on any atom is -0.489 e. The summed E-state index contributed by atoms with van der Waals surface area (Å²) in [6.45, 7) is 4.23.